The van der Waals surface area contributed by atoms with E-state index in [1.54, 1.807) is 7.11 Å². The summed E-state index contributed by atoms with van der Waals surface area (Å²) in [7, 11) is 3.82. The van der Waals surface area contributed by atoms with Crippen LogP contribution in [-0.4, -0.2) is 92.9 Å². The fourth-order valence-electron chi connectivity index (χ4n) is 4.72. The van der Waals surface area contributed by atoms with Gasteiger partial charge in [0.1, 0.15) is 6.61 Å². The van der Waals surface area contributed by atoms with Crippen LogP contribution in [0.2, 0.25) is 0 Å². The molecule has 164 valence electrons. The first-order valence-corrected chi connectivity index (χ1v) is 11.2. The molecule has 31 heavy (non-hydrogen) atoms. The molecule has 3 aliphatic rings. The van der Waals surface area contributed by atoms with Gasteiger partial charge in [0, 0.05) is 45.5 Å². The molecule has 0 aliphatic carbocycles. The van der Waals surface area contributed by atoms with Gasteiger partial charge in [-0.25, -0.2) is 0 Å². The molecule has 0 saturated carbocycles. The number of carbonyl (C=O) groups is 1. The van der Waals surface area contributed by atoms with Crippen molar-refractivity contribution < 1.29 is 14.3 Å². The van der Waals surface area contributed by atoms with Gasteiger partial charge < -0.3 is 19.3 Å². The molecule has 3 heterocycles. The van der Waals surface area contributed by atoms with Gasteiger partial charge in [0.25, 0.3) is 5.91 Å². The molecule has 7 nitrogen and oxygen atoms in total. The molecule has 0 unspecified atom stereocenters. The molecule has 0 bridgehead atoms. The second kappa shape index (κ2) is 8.48. The number of fused-ring (bicyclic) bond motifs is 3. The number of amides is 1. The van der Waals surface area contributed by atoms with Crippen molar-refractivity contribution >= 4 is 28.6 Å². The lowest BCUT2D eigenvalue weighted by Crippen LogP contribution is -2.45. The molecular weight excluding hydrogens is 392 g/mol. The number of carbonyl (C=O) groups excluding carboxylic acids is 1. The van der Waals surface area contributed by atoms with Crippen LogP contribution in [0.4, 0.5) is 5.69 Å². The van der Waals surface area contributed by atoms with Crippen molar-refractivity contribution in [1.29, 1.82) is 0 Å². The van der Waals surface area contributed by atoms with E-state index in [1.807, 2.05) is 35.4 Å². The number of aliphatic imine (C=N–C) groups is 1. The van der Waals surface area contributed by atoms with Crippen LogP contribution in [0.5, 0.6) is 11.5 Å². The third-order valence-corrected chi connectivity index (χ3v) is 6.67. The van der Waals surface area contributed by atoms with E-state index in [9.17, 15) is 4.79 Å². The molecule has 2 fully saturated rings. The molecule has 0 N–H and O–H groups in total. The average molecular weight is 423 g/mol. The number of hydrogen-bond donors (Lipinski definition) is 0. The molecule has 0 radical (unpaired) electrons. The van der Waals surface area contributed by atoms with E-state index in [0.717, 1.165) is 68.6 Å². The number of piperazine rings is 1. The first-order valence-electron chi connectivity index (χ1n) is 11.2. The maximum Gasteiger partial charge on any atom is 0.256 e. The highest BCUT2D eigenvalue weighted by atomic mass is 16.5. The maximum atomic E-state index is 13.1. The summed E-state index contributed by atoms with van der Waals surface area (Å²) in [5, 5.41) is 1.96. The zero-order valence-corrected chi connectivity index (χ0v) is 18.3. The summed E-state index contributed by atoms with van der Waals surface area (Å²) in [5.74, 6) is 1.49. The fourth-order valence-corrected chi connectivity index (χ4v) is 4.72. The number of rotatable bonds is 5. The second-order valence-corrected chi connectivity index (χ2v) is 8.70. The highest BCUT2D eigenvalue weighted by Gasteiger charge is 2.31. The van der Waals surface area contributed by atoms with Gasteiger partial charge in [0.05, 0.1) is 24.4 Å². The Morgan fingerprint density at radius 1 is 1.03 bits per heavy atom. The molecule has 0 aromatic heterocycles. The number of hydrogen-bond acceptors (Lipinski definition) is 6. The minimum atomic E-state index is 0.0743. The van der Waals surface area contributed by atoms with Crippen molar-refractivity contribution in [3.63, 3.8) is 0 Å². The standard InChI is InChI=1S/C24H30N4O3/c1-26-6-8-27(9-7-26)10-11-31-23-15-17-12-20-21(13-18(17)14-22(23)30-2)25-16-19-4-3-5-28(19)24(20)29/h12-16,19H,3-11H2,1-2H3/t19-/m0/s1. The van der Waals surface area contributed by atoms with Crippen LogP contribution >= 0.6 is 0 Å². The molecule has 0 spiro atoms. The minimum Gasteiger partial charge on any atom is -0.493 e. The van der Waals surface area contributed by atoms with E-state index >= 15 is 0 Å². The van der Waals surface area contributed by atoms with Crippen molar-refractivity contribution in [3.05, 3.63) is 29.8 Å². The monoisotopic (exact) mass is 422 g/mol. The third kappa shape index (κ3) is 4.00. The lowest BCUT2D eigenvalue weighted by Gasteiger charge is -2.32. The first kappa shape index (κ1) is 20.3. The Hall–Kier alpha value is -2.64. The third-order valence-electron chi connectivity index (χ3n) is 6.67. The molecule has 1 atom stereocenters. The van der Waals surface area contributed by atoms with Gasteiger partial charge >= 0.3 is 0 Å². The van der Waals surface area contributed by atoms with Gasteiger partial charge in [0.2, 0.25) is 0 Å². The van der Waals surface area contributed by atoms with Crippen LogP contribution in [0.3, 0.4) is 0 Å². The first-order chi connectivity index (χ1) is 15.1. The summed E-state index contributed by atoms with van der Waals surface area (Å²) in [6, 6.07) is 8.02. The van der Waals surface area contributed by atoms with Crippen LogP contribution < -0.4 is 9.47 Å². The lowest BCUT2D eigenvalue weighted by atomic mass is 10.0. The Balaban J connectivity index is 1.39. The van der Waals surface area contributed by atoms with Gasteiger partial charge in [-0.1, -0.05) is 0 Å². The summed E-state index contributed by atoms with van der Waals surface area (Å²) < 4.78 is 11.7. The summed E-state index contributed by atoms with van der Waals surface area (Å²) in [6.07, 6.45) is 3.95. The van der Waals surface area contributed by atoms with Crippen molar-refractivity contribution in [2.45, 2.75) is 18.9 Å². The fraction of sp³-hybridized carbons (Fsp3) is 0.500. The van der Waals surface area contributed by atoms with E-state index in [4.69, 9.17) is 9.47 Å². The van der Waals surface area contributed by atoms with Crippen molar-refractivity contribution in [2.24, 2.45) is 4.99 Å². The van der Waals surface area contributed by atoms with Gasteiger partial charge in [0.15, 0.2) is 11.5 Å². The normalized spacial score (nSPS) is 21.8. The predicted molar refractivity (Wildman–Crippen MR) is 122 cm³/mol. The van der Waals surface area contributed by atoms with Crippen molar-refractivity contribution in [3.8, 4) is 11.5 Å². The molecule has 1 amide bonds. The smallest absolute Gasteiger partial charge is 0.256 e. The number of likely N-dealkylation sites (N-methyl/N-ethyl adjacent to an activating group) is 1. The molecule has 2 aromatic rings. The number of ether oxygens (including phenoxy) is 2. The number of benzene rings is 2. The molecule has 5 rings (SSSR count). The van der Waals surface area contributed by atoms with E-state index in [-0.39, 0.29) is 11.9 Å². The van der Waals surface area contributed by atoms with Gasteiger partial charge in [-0.3, -0.25) is 14.7 Å². The number of methoxy groups -OCH3 is 1. The van der Waals surface area contributed by atoms with E-state index < -0.39 is 0 Å². The second-order valence-electron chi connectivity index (χ2n) is 8.70. The Morgan fingerprint density at radius 3 is 2.61 bits per heavy atom. The molecule has 3 aliphatic heterocycles. The van der Waals surface area contributed by atoms with E-state index in [2.05, 4.69) is 21.8 Å². The van der Waals surface area contributed by atoms with Crippen LogP contribution in [0.1, 0.15) is 23.2 Å². The van der Waals surface area contributed by atoms with Gasteiger partial charge in [-0.15, -0.1) is 0 Å². The lowest BCUT2D eigenvalue weighted by molar-refractivity contribution is 0.0775. The summed E-state index contributed by atoms with van der Waals surface area (Å²) in [5.41, 5.74) is 1.40. The van der Waals surface area contributed by atoms with Gasteiger partial charge in [-0.2, -0.15) is 0 Å². The summed E-state index contributed by atoms with van der Waals surface area (Å²) >= 11 is 0. The molecule has 2 aromatic carbocycles. The van der Waals surface area contributed by atoms with Crippen molar-refractivity contribution in [1.82, 2.24) is 14.7 Å². The topological polar surface area (TPSA) is 57.6 Å². The van der Waals surface area contributed by atoms with Crippen molar-refractivity contribution in [2.75, 3.05) is 60.0 Å². The highest BCUT2D eigenvalue weighted by molar-refractivity contribution is 6.07. The van der Waals surface area contributed by atoms with E-state index in [0.29, 0.717) is 23.7 Å². The minimum absolute atomic E-state index is 0.0743. The zero-order chi connectivity index (χ0) is 21.4. The molecule has 2 saturated heterocycles. The predicted octanol–water partition coefficient (Wildman–Crippen LogP) is 2.80. The molecular formula is C24H30N4O3. The van der Waals surface area contributed by atoms with Gasteiger partial charge in [-0.05, 0) is 54.9 Å². The van der Waals surface area contributed by atoms with Crippen LogP contribution in [0.25, 0.3) is 10.8 Å². The Labute approximate surface area is 183 Å². The SMILES string of the molecule is COc1cc2cc3c(cc2cc1OCCN1CCN(C)CC1)C(=O)N1CCC[C@H]1C=N3. The highest BCUT2D eigenvalue weighted by Crippen LogP contribution is 2.37. The largest absolute Gasteiger partial charge is 0.493 e. The Morgan fingerprint density at radius 2 is 1.81 bits per heavy atom. The zero-order valence-electron chi connectivity index (χ0n) is 18.3. The van der Waals surface area contributed by atoms with Crippen LogP contribution in [-0.2, 0) is 0 Å². The van der Waals surface area contributed by atoms with E-state index in [1.165, 1.54) is 0 Å². The van der Waals surface area contributed by atoms with Crippen LogP contribution in [0.15, 0.2) is 29.3 Å². The Kier molecular flexibility index (Phi) is 5.54. The quantitative estimate of drug-likeness (QED) is 0.742. The maximum absolute atomic E-state index is 13.1. The van der Waals surface area contributed by atoms with Crippen LogP contribution in [0, 0.1) is 0 Å². The Bertz CT molecular complexity index is 1010. The number of nitrogens with zero attached hydrogens (tertiary/aromatic N) is 4. The average Bonchev–Trinajstić information content (AvgIpc) is 3.21. The molecule has 7 heteroatoms. The summed E-state index contributed by atoms with van der Waals surface area (Å²) in [6.45, 7) is 6.63. The summed E-state index contributed by atoms with van der Waals surface area (Å²) in [4.78, 5) is 24.5.